The van der Waals surface area contributed by atoms with E-state index in [0.29, 0.717) is 13.1 Å². The summed E-state index contributed by atoms with van der Waals surface area (Å²) < 4.78 is 39.8. The van der Waals surface area contributed by atoms with E-state index in [9.17, 15) is 18.0 Å². The fraction of sp³-hybridized carbons (Fsp3) is 0.900. The molecule has 0 aromatic carbocycles. The van der Waals surface area contributed by atoms with Gasteiger partial charge in [-0.3, -0.25) is 10.1 Å². The standard InChI is InChI=1S/C10H17F3N2O2/c1-3-9(2)8(16)15(7-14-9)4-5-17-6-10(11,12)13/h14H,3-7H2,1-2H3. The first-order chi connectivity index (χ1) is 7.78. The summed E-state index contributed by atoms with van der Waals surface area (Å²) in [6.45, 7) is 2.83. The average Bonchev–Trinajstić information content (AvgIpc) is 2.51. The van der Waals surface area contributed by atoms with Crippen molar-refractivity contribution in [2.45, 2.75) is 32.0 Å². The highest BCUT2D eigenvalue weighted by atomic mass is 19.4. The van der Waals surface area contributed by atoms with Gasteiger partial charge in [-0.25, -0.2) is 0 Å². The lowest BCUT2D eigenvalue weighted by Crippen LogP contribution is -2.43. The van der Waals surface area contributed by atoms with Gasteiger partial charge in [0.25, 0.3) is 0 Å². The molecule has 0 aromatic rings. The Morgan fingerprint density at radius 1 is 1.53 bits per heavy atom. The lowest BCUT2D eigenvalue weighted by Gasteiger charge is -2.20. The molecule has 1 N–H and O–H groups in total. The third kappa shape index (κ3) is 3.85. The van der Waals surface area contributed by atoms with E-state index >= 15 is 0 Å². The molecule has 17 heavy (non-hydrogen) atoms. The van der Waals surface area contributed by atoms with E-state index < -0.39 is 18.3 Å². The highest BCUT2D eigenvalue weighted by Crippen LogP contribution is 2.19. The molecule has 100 valence electrons. The molecule has 1 unspecified atom stereocenters. The van der Waals surface area contributed by atoms with Crippen molar-refractivity contribution in [2.24, 2.45) is 0 Å². The highest BCUT2D eigenvalue weighted by Gasteiger charge is 2.40. The Morgan fingerprint density at radius 2 is 2.18 bits per heavy atom. The number of hydrogen-bond donors (Lipinski definition) is 1. The first-order valence-electron chi connectivity index (χ1n) is 5.47. The molecule has 1 fully saturated rings. The van der Waals surface area contributed by atoms with Crippen molar-refractivity contribution >= 4 is 5.91 Å². The van der Waals surface area contributed by atoms with E-state index in [1.54, 1.807) is 6.92 Å². The molecule has 1 heterocycles. The SMILES string of the molecule is CCC1(C)NCN(CCOCC(F)(F)F)C1=O. The molecule has 1 aliphatic rings. The number of carbonyl (C=O) groups is 1. The van der Waals surface area contributed by atoms with E-state index in [4.69, 9.17) is 0 Å². The number of halogens is 3. The average molecular weight is 254 g/mol. The summed E-state index contributed by atoms with van der Waals surface area (Å²) in [7, 11) is 0. The third-order valence-corrected chi connectivity index (χ3v) is 2.90. The molecule has 1 atom stereocenters. The molecule has 0 aromatic heterocycles. The Kier molecular flexibility index (Phi) is 4.37. The van der Waals surface area contributed by atoms with Crippen LogP contribution in [0.5, 0.6) is 0 Å². The van der Waals surface area contributed by atoms with E-state index in [1.165, 1.54) is 4.90 Å². The molecule has 1 rings (SSSR count). The Morgan fingerprint density at radius 3 is 2.65 bits per heavy atom. The first-order valence-corrected chi connectivity index (χ1v) is 5.47. The van der Waals surface area contributed by atoms with Crippen LogP contribution in [0.2, 0.25) is 0 Å². The molecule has 0 bridgehead atoms. The minimum absolute atomic E-state index is 0.0874. The van der Waals surface area contributed by atoms with Crippen molar-refractivity contribution in [3.63, 3.8) is 0 Å². The van der Waals surface area contributed by atoms with Crippen molar-refractivity contribution in [3.05, 3.63) is 0 Å². The normalized spacial score (nSPS) is 25.7. The molecule has 0 saturated carbocycles. The summed E-state index contributed by atoms with van der Waals surface area (Å²) in [5.41, 5.74) is -0.593. The lowest BCUT2D eigenvalue weighted by molar-refractivity contribution is -0.174. The van der Waals surface area contributed by atoms with E-state index in [1.807, 2.05) is 6.92 Å². The van der Waals surface area contributed by atoms with Crippen LogP contribution in [0.25, 0.3) is 0 Å². The van der Waals surface area contributed by atoms with Gasteiger partial charge >= 0.3 is 6.18 Å². The zero-order valence-electron chi connectivity index (χ0n) is 9.93. The number of nitrogens with zero attached hydrogens (tertiary/aromatic N) is 1. The molecule has 0 aliphatic carbocycles. The highest BCUT2D eigenvalue weighted by molar-refractivity contribution is 5.87. The first kappa shape index (κ1) is 14.2. The number of alkyl halides is 3. The molecule has 0 radical (unpaired) electrons. The molecule has 1 saturated heterocycles. The van der Waals surface area contributed by atoms with E-state index in [0.717, 1.165) is 0 Å². The van der Waals surface area contributed by atoms with Gasteiger partial charge in [0.2, 0.25) is 5.91 Å². The zero-order chi connectivity index (χ0) is 13.1. The number of rotatable bonds is 5. The molecule has 0 spiro atoms. The van der Waals surface area contributed by atoms with Crippen molar-refractivity contribution in [3.8, 4) is 0 Å². The summed E-state index contributed by atoms with van der Waals surface area (Å²) in [6.07, 6.45) is -3.67. The topological polar surface area (TPSA) is 41.6 Å². The second-order valence-corrected chi connectivity index (χ2v) is 4.26. The van der Waals surface area contributed by atoms with Gasteiger partial charge in [-0.15, -0.1) is 0 Å². The Bertz CT molecular complexity index is 283. The fourth-order valence-electron chi connectivity index (χ4n) is 1.59. The van der Waals surface area contributed by atoms with Gasteiger partial charge in [-0.2, -0.15) is 13.2 Å². The Balaban J connectivity index is 2.28. The predicted octanol–water partition coefficient (Wildman–Crippen LogP) is 1.12. The second kappa shape index (κ2) is 5.22. The number of amides is 1. The monoisotopic (exact) mass is 254 g/mol. The molecule has 7 heteroatoms. The van der Waals surface area contributed by atoms with Crippen LogP contribution < -0.4 is 5.32 Å². The summed E-state index contributed by atoms with van der Waals surface area (Å²) in [4.78, 5) is 13.3. The lowest BCUT2D eigenvalue weighted by atomic mass is 9.99. The number of hydrogen-bond acceptors (Lipinski definition) is 3. The minimum atomic E-state index is -4.31. The van der Waals surface area contributed by atoms with Crippen molar-refractivity contribution in [2.75, 3.05) is 26.4 Å². The third-order valence-electron chi connectivity index (χ3n) is 2.90. The molecular formula is C10H17F3N2O2. The predicted molar refractivity (Wildman–Crippen MR) is 55.3 cm³/mol. The van der Waals surface area contributed by atoms with E-state index in [2.05, 4.69) is 10.1 Å². The summed E-state index contributed by atoms with van der Waals surface area (Å²) in [5.74, 6) is -0.0874. The summed E-state index contributed by atoms with van der Waals surface area (Å²) in [6, 6.07) is 0. The van der Waals surface area contributed by atoms with Crippen LogP contribution in [0.4, 0.5) is 13.2 Å². The zero-order valence-corrected chi connectivity index (χ0v) is 9.93. The second-order valence-electron chi connectivity index (χ2n) is 4.26. The van der Waals surface area contributed by atoms with Gasteiger partial charge in [0.05, 0.1) is 18.8 Å². The largest absolute Gasteiger partial charge is 0.411 e. The number of nitrogens with one attached hydrogen (secondary N) is 1. The van der Waals surface area contributed by atoms with Crippen LogP contribution in [0.3, 0.4) is 0 Å². The van der Waals surface area contributed by atoms with Crippen LogP contribution in [0.15, 0.2) is 0 Å². The Hall–Kier alpha value is -0.820. The van der Waals surface area contributed by atoms with Crippen LogP contribution in [-0.2, 0) is 9.53 Å². The summed E-state index contributed by atoms with van der Waals surface area (Å²) in [5, 5.41) is 3.04. The van der Waals surface area contributed by atoms with Crippen molar-refractivity contribution in [1.82, 2.24) is 10.2 Å². The maximum atomic E-state index is 11.8. The number of carbonyl (C=O) groups excluding carboxylic acids is 1. The number of ether oxygens (including phenoxy) is 1. The van der Waals surface area contributed by atoms with Crippen LogP contribution in [0.1, 0.15) is 20.3 Å². The van der Waals surface area contributed by atoms with Gasteiger partial charge in [0, 0.05) is 6.54 Å². The molecular weight excluding hydrogens is 237 g/mol. The van der Waals surface area contributed by atoms with Gasteiger partial charge < -0.3 is 9.64 Å². The van der Waals surface area contributed by atoms with Crippen LogP contribution >= 0.6 is 0 Å². The quantitative estimate of drug-likeness (QED) is 0.748. The maximum Gasteiger partial charge on any atom is 0.411 e. The fourth-order valence-corrected chi connectivity index (χ4v) is 1.59. The van der Waals surface area contributed by atoms with Crippen molar-refractivity contribution < 1.29 is 22.7 Å². The van der Waals surface area contributed by atoms with Gasteiger partial charge in [-0.05, 0) is 13.3 Å². The maximum absolute atomic E-state index is 11.8. The summed E-state index contributed by atoms with van der Waals surface area (Å²) >= 11 is 0. The van der Waals surface area contributed by atoms with Gasteiger partial charge in [0.1, 0.15) is 6.61 Å². The van der Waals surface area contributed by atoms with E-state index in [-0.39, 0.29) is 19.1 Å². The van der Waals surface area contributed by atoms with Crippen LogP contribution in [0, 0.1) is 0 Å². The van der Waals surface area contributed by atoms with Gasteiger partial charge in [0.15, 0.2) is 0 Å². The smallest absolute Gasteiger partial charge is 0.370 e. The van der Waals surface area contributed by atoms with Crippen molar-refractivity contribution in [1.29, 1.82) is 0 Å². The molecule has 1 aliphatic heterocycles. The Labute approximate surface area is 98.1 Å². The van der Waals surface area contributed by atoms with Crippen LogP contribution in [-0.4, -0.2) is 48.9 Å². The molecule has 4 nitrogen and oxygen atoms in total. The minimum Gasteiger partial charge on any atom is -0.370 e. The van der Waals surface area contributed by atoms with Gasteiger partial charge in [-0.1, -0.05) is 6.92 Å². The molecule has 1 amide bonds.